The zero-order valence-electron chi connectivity index (χ0n) is 16.8. The van der Waals surface area contributed by atoms with Gasteiger partial charge in [0.15, 0.2) is 5.84 Å². The highest BCUT2D eigenvalue weighted by Crippen LogP contribution is 2.30. The zero-order chi connectivity index (χ0) is 22.9. The fourth-order valence-electron chi connectivity index (χ4n) is 2.81. The lowest BCUT2D eigenvalue weighted by Gasteiger charge is -2.17. The van der Waals surface area contributed by atoms with Crippen LogP contribution in [0.2, 0.25) is 5.02 Å². The standard InChI is InChI=1S/C22H17Cl3N2O3S/c1-12-4-10-17(11-5-12)31(29,30)27-22(15-6-8-16(23)9-7-15)26-20-13(2)18(24)21(28)19(25)14(20)3/h4-11H,1-3H3/b27-22+. The number of benzene rings is 2. The average molecular weight is 496 g/mol. The molecule has 31 heavy (non-hydrogen) atoms. The number of nitrogens with zero attached hydrogens (tertiary/aromatic N) is 2. The van der Waals surface area contributed by atoms with E-state index in [1.807, 2.05) is 6.92 Å². The Bertz CT molecular complexity index is 1260. The van der Waals surface area contributed by atoms with Crippen LogP contribution in [0.1, 0.15) is 25.0 Å². The second-order valence-corrected chi connectivity index (χ2v) is 9.67. The number of sulfonamides is 1. The van der Waals surface area contributed by atoms with Crippen molar-refractivity contribution in [2.45, 2.75) is 25.7 Å². The third kappa shape index (κ3) is 4.99. The highest BCUT2D eigenvalue weighted by Gasteiger charge is 2.28. The van der Waals surface area contributed by atoms with Crippen molar-refractivity contribution in [3.63, 3.8) is 0 Å². The summed E-state index contributed by atoms with van der Waals surface area (Å²) in [5.41, 5.74) is 2.37. The monoisotopic (exact) mass is 494 g/mol. The molecular weight excluding hydrogens is 479 g/mol. The van der Waals surface area contributed by atoms with Gasteiger partial charge in [0.05, 0.1) is 20.7 Å². The molecule has 5 nitrogen and oxygen atoms in total. The first-order valence-electron chi connectivity index (χ1n) is 9.05. The van der Waals surface area contributed by atoms with Crippen molar-refractivity contribution in [3.05, 3.63) is 85.9 Å². The minimum absolute atomic E-state index is 0.0270. The number of amidine groups is 1. The summed E-state index contributed by atoms with van der Waals surface area (Å²) in [5.74, 6) is -0.594. The number of allylic oxidation sites excluding steroid dienone is 4. The molecule has 0 fully saturated rings. The van der Waals surface area contributed by atoms with E-state index < -0.39 is 15.8 Å². The minimum Gasteiger partial charge on any atom is -0.287 e. The fourth-order valence-corrected chi connectivity index (χ4v) is 4.31. The van der Waals surface area contributed by atoms with Crippen molar-refractivity contribution in [3.8, 4) is 0 Å². The maximum absolute atomic E-state index is 13.0. The third-order valence-electron chi connectivity index (χ3n) is 4.61. The quantitative estimate of drug-likeness (QED) is 0.305. The molecule has 2 aromatic carbocycles. The molecule has 1 aliphatic carbocycles. The molecule has 9 heteroatoms. The summed E-state index contributed by atoms with van der Waals surface area (Å²) >= 11 is 18.2. The maximum atomic E-state index is 13.0. The summed E-state index contributed by atoms with van der Waals surface area (Å²) in [6.07, 6.45) is 0. The largest absolute Gasteiger partial charge is 0.287 e. The molecule has 0 aliphatic heterocycles. The Labute approximate surface area is 195 Å². The van der Waals surface area contributed by atoms with Crippen LogP contribution in [-0.4, -0.2) is 25.7 Å². The summed E-state index contributed by atoms with van der Waals surface area (Å²) < 4.78 is 29.9. The topological polar surface area (TPSA) is 75.9 Å². The highest BCUT2D eigenvalue weighted by molar-refractivity contribution is 7.90. The van der Waals surface area contributed by atoms with Crippen molar-refractivity contribution < 1.29 is 13.2 Å². The Morgan fingerprint density at radius 2 is 1.32 bits per heavy atom. The van der Waals surface area contributed by atoms with E-state index in [1.54, 1.807) is 50.2 Å². The van der Waals surface area contributed by atoms with Gasteiger partial charge in [-0.3, -0.25) is 4.79 Å². The molecule has 160 valence electrons. The van der Waals surface area contributed by atoms with Gasteiger partial charge in [0.25, 0.3) is 10.0 Å². The van der Waals surface area contributed by atoms with Gasteiger partial charge in [0.2, 0.25) is 5.78 Å². The molecule has 1 aliphatic rings. The van der Waals surface area contributed by atoms with Gasteiger partial charge in [-0.1, -0.05) is 52.5 Å². The van der Waals surface area contributed by atoms with Crippen molar-refractivity contribution in [1.29, 1.82) is 0 Å². The van der Waals surface area contributed by atoms with Gasteiger partial charge in [-0.2, -0.15) is 8.42 Å². The summed E-state index contributed by atoms with van der Waals surface area (Å²) in [5, 5.41) is 0.316. The molecule has 0 saturated heterocycles. The van der Waals surface area contributed by atoms with Gasteiger partial charge in [0.1, 0.15) is 0 Å². The van der Waals surface area contributed by atoms with Crippen LogP contribution in [-0.2, 0) is 14.8 Å². The van der Waals surface area contributed by atoms with Crippen LogP contribution in [0.4, 0.5) is 0 Å². The SMILES string of the molecule is CC1=C(Cl)C(=O)C(Cl)=C(C)C1=N/C(=N/S(=O)(=O)c1ccc(C)cc1)c1ccc(Cl)cc1. The summed E-state index contributed by atoms with van der Waals surface area (Å²) in [6.45, 7) is 5.08. The molecule has 0 bridgehead atoms. The molecule has 0 unspecified atom stereocenters. The maximum Gasteiger partial charge on any atom is 0.284 e. The van der Waals surface area contributed by atoms with Crippen molar-refractivity contribution in [1.82, 2.24) is 0 Å². The van der Waals surface area contributed by atoms with Gasteiger partial charge in [-0.05, 0) is 68.3 Å². The van der Waals surface area contributed by atoms with Crippen LogP contribution in [0.3, 0.4) is 0 Å². The molecule has 0 amide bonds. The number of carbonyl (C=O) groups is 1. The van der Waals surface area contributed by atoms with E-state index >= 15 is 0 Å². The Morgan fingerprint density at radius 3 is 1.84 bits per heavy atom. The van der Waals surface area contributed by atoms with Gasteiger partial charge < -0.3 is 0 Å². The van der Waals surface area contributed by atoms with Crippen LogP contribution >= 0.6 is 34.8 Å². The van der Waals surface area contributed by atoms with Gasteiger partial charge in [0, 0.05) is 10.6 Å². The predicted octanol–water partition coefficient (Wildman–Crippen LogP) is 5.83. The Hall–Kier alpha value is -2.25. The van der Waals surface area contributed by atoms with Gasteiger partial charge in [-0.15, -0.1) is 4.40 Å². The van der Waals surface area contributed by atoms with Crippen LogP contribution in [0, 0.1) is 6.92 Å². The first-order valence-corrected chi connectivity index (χ1v) is 11.6. The minimum atomic E-state index is -4.08. The molecule has 0 N–H and O–H groups in total. The number of aliphatic imine (C=N–C) groups is 1. The number of rotatable bonds is 3. The van der Waals surface area contributed by atoms with Crippen molar-refractivity contribution in [2.75, 3.05) is 0 Å². The number of Topliss-reactive ketones (excluding diaryl/α,β-unsaturated/α-hetero) is 1. The van der Waals surface area contributed by atoms with E-state index in [9.17, 15) is 13.2 Å². The number of hydrogen-bond donors (Lipinski definition) is 0. The van der Waals surface area contributed by atoms with Crippen LogP contribution in [0.15, 0.2) is 84.0 Å². The molecular formula is C22H17Cl3N2O3S. The average Bonchev–Trinajstić information content (AvgIpc) is 2.74. The number of ketones is 1. The molecule has 0 heterocycles. The van der Waals surface area contributed by atoms with Crippen LogP contribution < -0.4 is 0 Å². The summed E-state index contributed by atoms with van der Waals surface area (Å²) in [7, 11) is -4.08. The first-order chi connectivity index (χ1) is 14.5. The van der Waals surface area contributed by atoms with Crippen LogP contribution in [0.5, 0.6) is 0 Å². The second kappa shape index (κ2) is 9.09. The van der Waals surface area contributed by atoms with E-state index in [-0.39, 0.29) is 26.5 Å². The van der Waals surface area contributed by atoms with E-state index in [4.69, 9.17) is 34.8 Å². The second-order valence-electron chi connectivity index (χ2n) is 6.88. The van der Waals surface area contributed by atoms with Crippen LogP contribution in [0.25, 0.3) is 0 Å². The Kier molecular flexibility index (Phi) is 6.86. The third-order valence-corrected chi connectivity index (χ3v) is 7.06. The summed E-state index contributed by atoms with van der Waals surface area (Å²) in [6, 6.07) is 12.7. The lowest BCUT2D eigenvalue weighted by Crippen LogP contribution is -2.19. The number of hydrogen-bond acceptors (Lipinski definition) is 3. The summed E-state index contributed by atoms with van der Waals surface area (Å²) in [4.78, 5) is 16.6. The smallest absolute Gasteiger partial charge is 0.284 e. The molecule has 3 rings (SSSR count). The molecule has 0 saturated carbocycles. The van der Waals surface area contributed by atoms with Gasteiger partial charge in [-0.25, -0.2) is 4.99 Å². The van der Waals surface area contributed by atoms with E-state index in [2.05, 4.69) is 9.39 Å². The molecule has 0 radical (unpaired) electrons. The molecule has 2 aromatic rings. The zero-order valence-corrected chi connectivity index (χ0v) is 19.9. The lowest BCUT2D eigenvalue weighted by molar-refractivity contribution is -0.111. The van der Waals surface area contributed by atoms with Crippen molar-refractivity contribution in [2.24, 2.45) is 9.39 Å². The molecule has 0 aromatic heterocycles. The predicted molar refractivity (Wildman–Crippen MR) is 126 cm³/mol. The van der Waals surface area contributed by atoms with E-state index in [0.717, 1.165) is 5.56 Å². The fraction of sp³-hybridized carbons (Fsp3) is 0.136. The highest BCUT2D eigenvalue weighted by atomic mass is 35.5. The lowest BCUT2D eigenvalue weighted by atomic mass is 9.96. The number of carbonyl (C=O) groups excluding carboxylic acids is 1. The first kappa shape index (κ1) is 23.4. The number of aryl methyl sites for hydroxylation is 1. The molecule has 0 spiro atoms. The Balaban J connectivity index is 2.24. The molecule has 0 atom stereocenters. The van der Waals surface area contributed by atoms with Crippen molar-refractivity contribution >= 4 is 62.2 Å². The van der Waals surface area contributed by atoms with E-state index in [0.29, 0.717) is 21.7 Å². The number of halogens is 3. The Morgan fingerprint density at radius 1 is 0.806 bits per heavy atom. The van der Waals surface area contributed by atoms with Gasteiger partial charge >= 0.3 is 0 Å². The van der Waals surface area contributed by atoms with E-state index in [1.165, 1.54) is 12.1 Å². The normalized spacial score (nSPS) is 15.6.